The highest BCUT2D eigenvalue weighted by Gasteiger charge is 2.20. The molecule has 1 aromatic rings. The van der Waals surface area contributed by atoms with E-state index in [9.17, 15) is 0 Å². The molecule has 0 bridgehead atoms. The second-order valence-electron chi connectivity index (χ2n) is 6.09. The molecule has 2 rings (SSSR count). The van der Waals surface area contributed by atoms with Crippen LogP contribution in [0, 0.1) is 0 Å². The number of nitrogens with one attached hydrogen (secondary N) is 1. The molecule has 1 aliphatic rings. The van der Waals surface area contributed by atoms with Crippen LogP contribution >= 0.6 is 0 Å². The van der Waals surface area contributed by atoms with E-state index in [1.54, 1.807) is 0 Å². The van der Waals surface area contributed by atoms with Crippen LogP contribution in [-0.4, -0.2) is 63.2 Å². The minimum absolute atomic E-state index is 0.692. The van der Waals surface area contributed by atoms with Crippen LogP contribution in [-0.2, 0) is 6.54 Å². The van der Waals surface area contributed by atoms with E-state index in [1.807, 2.05) is 13.1 Å². The monoisotopic (exact) mass is 291 g/mol. The van der Waals surface area contributed by atoms with Crippen molar-refractivity contribution in [2.45, 2.75) is 25.4 Å². The Balaban J connectivity index is 1.75. The van der Waals surface area contributed by atoms with E-state index < -0.39 is 0 Å². The van der Waals surface area contributed by atoms with Gasteiger partial charge in [-0.05, 0) is 58.2 Å². The number of hydrogen-bond acceptors (Lipinski definition) is 4. The van der Waals surface area contributed by atoms with Crippen LogP contribution in [0.15, 0.2) is 24.3 Å². The number of rotatable bonds is 7. The highest BCUT2D eigenvalue weighted by Crippen LogP contribution is 2.15. The molecule has 0 spiro atoms. The predicted octanol–water partition coefficient (Wildman–Crippen LogP) is 1.81. The predicted molar refractivity (Wildman–Crippen MR) is 87.8 cm³/mol. The van der Waals surface area contributed by atoms with E-state index in [0.29, 0.717) is 6.04 Å². The third kappa shape index (κ3) is 5.30. The minimum atomic E-state index is 0.692. The largest absolute Gasteiger partial charge is 0.492 e. The maximum atomic E-state index is 5.91. The second-order valence-corrected chi connectivity index (χ2v) is 6.09. The lowest BCUT2D eigenvalue weighted by Gasteiger charge is -2.36. The molecule has 21 heavy (non-hydrogen) atoms. The van der Waals surface area contributed by atoms with Crippen molar-refractivity contribution >= 4 is 0 Å². The van der Waals surface area contributed by atoms with Gasteiger partial charge in [0.1, 0.15) is 12.4 Å². The van der Waals surface area contributed by atoms with Crippen LogP contribution in [0.4, 0.5) is 0 Å². The van der Waals surface area contributed by atoms with Crippen LogP contribution in [0.5, 0.6) is 5.75 Å². The van der Waals surface area contributed by atoms with Gasteiger partial charge in [0.05, 0.1) is 0 Å². The van der Waals surface area contributed by atoms with E-state index in [2.05, 4.69) is 47.4 Å². The van der Waals surface area contributed by atoms with Crippen molar-refractivity contribution in [3.05, 3.63) is 29.8 Å². The van der Waals surface area contributed by atoms with Crippen molar-refractivity contribution in [3.8, 4) is 5.75 Å². The molecular formula is C17H29N3O. The zero-order valence-electron chi connectivity index (χ0n) is 13.6. The summed E-state index contributed by atoms with van der Waals surface area (Å²) in [6.45, 7) is 5.03. The molecule has 1 atom stereocenters. The molecule has 1 aromatic carbocycles. The number of ether oxygens (including phenoxy) is 1. The lowest BCUT2D eigenvalue weighted by atomic mass is 10.1. The quantitative estimate of drug-likeness (QED) is 0.829. The van der Waals surface area contributed by atoms with Gasteiger partial charge in [-0.1, -0.05) is 12.1 Å². The molecule has 1 fully saturated rings. The summed E-state index contributed by atoms with van der Waals surface area (Å²) in [5.74, 6) is 0.976. The Morgan fingerprint density at radius 1 is 1.38 bits per heavy atom. The molecule has 1 N–H and O–H groups in total. The van der Waals surface area contributed by atoms with Crippen molar-refractivity contribution < 1.29 is 4.74 Å². The van der Waals surface area contributed by atoms with Gasteiger partial charge in [-0.2, -0.15) is 0 Å². The Bertz CT molecular complexity index is 422. The number of likely N-dealkylation sites (tertiary alicyclic amines) is 1. The van der Waals surface area contributed by atoms with Gasteiger partial charge in [0, 0.05) is 25.7 Å². The SMILES string of the molecule is CNCc1cccc(OCCN2CCCC(N(C)C)C2)c1. The average Bonchev–Trinajstić information content (AvgIpc) is 2.48. The zero-order chi connectivity index (χ0) is 15.1. The molecule has 0 radical (unpaired) electrons. The van der Waals surface area contributed by atoms with Crippen molar-refractivity contribution in [2.24, 2.45) is 0 Å². The normalized spacial score (nSPS) is 19.9. The van der Waals surface area contributed by atoms with E-state index in [4.69, 9.17) is 4.74 Å². The van der Waals surface area contributed by atoms with Crippen LogP contribution in [0.3, 0.4) is 0 Å². The molecule has 0 aliphatic carbocycles. The molecular weight excluding hydrogens is 262 g/mol. The number of likely N-dealkylation sites (N-methyl/N-ethyl adjacent to an activating group) is 1. The van der Waals surface area contributed by atoms with Crippen LogP contribution < -0.4 is 10.1 Å². The fourth-order valence-corrected chi connectivity index (χ4v) is 2.90. The van der Waals surface area contributed by atoms with Crippen molar-refractivity contribution in [2.75, 3.05) is 47.4 Å². The summed E-state index contributed by atoms with van der Waals surface area (Å²) in [4.78, 5) is 4.86. The van der Waals surface area contributed by atoms with Crippen molar-refractivity contribution in [1.29, 1.82) is 0 Å². The maximum Gasteiger partial charge on any atom is 0.119 e. The van der Waals surface area contributed by atoms with Crippen molar-refractivity contribution in [3.63, 3.8) is 0 Å². The Hall–Kier alpha value is -1.10. The number of benzene rings is 1. The minimum Gasteiger partial charge on any atom is -0.492 e. The Labute approximate surface area is 129 Å². The smallest absolute Gasteiger partial charge is 0.119 e. The summed E-state index contributed by atoms with van der Waals surface area (Å²) in [5.41, 5.74) is 1.26. The van der Waals surface area contributed by atoms with Gasteiger partial charge in [-0.3, -0.25) is 4.90 Å². The second kappa shape index (κ2) is 8.37. The summed E-state index contributed by atoms with van der Waals surface area (Å²) in [7, 11) is 6.32. The zero-order valence-corrected chi connectivity index (χ0v) is 13.6. The van der Waals surface area contributed by atoms with Gasteiger partial charge in [-0.15, -0.1) is 0 Å². The highest BCUT2D eigenvalue weighted by molar-refractivity contribution is 5.28. The van der Waals surface area contributed by atoms with Gasteiger partial charge in [-0.25, -0.2) is 0 Å². The topological polar surface area (TPSA) is 27.7 Å². The summed E-state index contributed by atoms with van der Waals surface area (Å²) in [5, 5.41) is 3.17. The van der Waals surface area contributed by atoms with Crippen LogP contribution in [0.1, 0.15) is 18.4 Å². The van der Waals surface area contributed by atoms with Crippen LogP contribution in [0.2, 0.25) is 0 Å². The summed E-state index contributed by atoms with van der Waals surface area (Å²) < 4.78 is 5.91. The fourth-order valence-electron chi connectivity index (χ4n) is 2.90. The summed E-state index contributed by atoms with van der Waals surface area (Å²) in [6.07, 6.45) is 2.61. The van der Waals surface area contributed by atoms with Gasteiger partial charge in [0.15, 0.2) is 0 Å². The molecule has 0 amide bonds. The van der Waals surface area contributed by atoms with Gasteiger partial charge in [0.2, 0.25) is 0 Å². The van der Waals surface area contributed by atoms with Gasteiger partial charge in [0.25, 0.3) is 0 Å². The molecule has 1 unspecified atom stereocenters. The number of hydrogen-bond donors (Lipinski definition) is 1. The first kappa shape index (κ1) is 16.3. The van der Waals surface area contributed by atoms with Gasteiger partial charge < -0.3 is 15.0 Å². The van der Waals surface area contributed by atoms with E-state index in [1.165, 1.54) is 24.9 Å². The Morgan fingerprint density at radius 2 is 2.24 bits per heavy atom. The van der Waals surface area contributed by atoms with E-state index in [-0.39, 0.29) is 0 Å². The third-order valence-electron chi connectivity index (χ3n) is 4.17. The number of nitrogens with zero attached hydrogens (tertiary/aromatic N) is 2. The standard InChI is InChI=1S/C17H29N3O/c1-18-13-15-6-4-8-17(12-15)21-11-10-20-9-5-7-16(14-20)19(2)3/h4,6,8,12,16,18H,5,7,9-11,13-14H2,1-3H3. The lowest BCUT2D eigenvalue weighted by molar-refractivity contribution is 0.117. The third-order valence-corrected chi connectivity index (χ3v) is 4.17. The molecule has 118 valence electrons. The van der Waals surface area contributed by atoms with Gasteiger partial charge >= 0.3 is 0 Å². The molecule has 1 aliphatic heterocycles. The first-order chi connectivity index (χ1) is 10.2. The fraction of sp³-hybridized carbons (Fsp3) is 0.647. The molecule has 4 nitrogen and oxygen atoms in total. The van der Waals surface area contributed by atoms with E-state index in [0.717, 1.165) is 32.0 Å². The summed E-state index contributed by atoms with van der Waals surface area (Å²) >= 11 is 0. The molecule has 4 heteroatoms. The first-order valence-electron chi connectivity index (χ1n) is 7.94. The highest BCUT2D eigenvalue weighted by atomic mass is 16.5. The Kier molecular flexibility index (Phi) is 6.49. The maximum absolute atomic E-state index is 5.91. The molecule has 1 heterocycles. The molecule has 0 saturated carbocycles. The molecule has 0 aromatic heterocycles. The number of piperidine rings is 1. The average molecular weight is 291 g/mol. The Morgan fingerprint density at radius 3 is 3.00 bits per heavy atom. The van der Waals surface area contributed by atoms with Crippen molar-refractivity contribution in [1.82, 2.24) is 15.1 Å². The van der Waals surface area contributed by atoms with Crippen LogP contribution in [0.25, 0.3) is 0 Å². The lowest BCUT2D eigenvalue weighted by Crippen LogP contribution is -2.46. The molecule has 1 saturated heterocycles. The summed E-state index contributed by atoms with van der Waals surface area (Å²) in [6, 6.07) is 9.03. The first-order valence-corrected chi connectivity index (χ1v) is 7.94. The van der Waals surface area contributed by atoms with E-state index >= 15 is 0 Å².